The van der Waals surface area contributed by atoms with Crippen LogP contribution in [0.4, 0.5) is 0 Å². The van der Waals surface area contributed by atoms with Crippen molar-refractivity contribution in [3.05, 3.63) is 34.9 Å². The maximum Gasteiger partial charge on any atom is 0.341 e. The van der Waals surface area contributed by atoms with E-state index in [4.69, 9.17) is 14.6 Å². The maximum atomic E-state index is 12.8. The topological polar surface area (TPSA) is 100 Å². The number of hydrogen-bond donors (Lipinski definition) is 1. The van der Waals surface area contributed by atoms with Gasteiger partial charge in [-0.05, 0) is 51.4 Å². The molecule has 2 aliphatic rings. The molecule has 4 heterocycles. The molecule has 1 saturated heterocycles. The van der Waals surface area contributed by atoms with Gasteiger partial charge in [0.15, 0.2) is 0 Å². The lowest BCUT2D eigenvalue weighted by Gasteiger charge is -2.36. The second-order valence-electron chi connectivity index (χ2n) is 8.39. The van der Waals surface area contributed by atoms with Gasteiger partial charge < -0.3 is 14.8 Å². The van der Waals surface area contributed by atoms with Gasteiger partial charge in [-0.25, -0.2) is 4.79 Å². The molecule has 2 aliphatic heterocycles. The Balaban J connectivity index is 1.44. The molecule has 0 atom stereocenters. The highest BCUT2D eigenvalue weighted by Gasteiger charge is 2.39. The maximum absolute atomic E-state index is 12.8. The van der Waals surface area contributed by atoms with Gasteiger partial charge in [0.05, 0.1) is 24.1 Å². The number of carbonyl (C=O) groups excluding carboxylic acids is 2. The van der Waals surface area contributed by atoms with E-state index in [1.807, 2.05) is 18.5 Å². The minimum atomic E-state index is -0.363. The van der Waals surface area contributed by atoms with Crippen molar-refractivity contribution in [3.63, 3.8) is 0 Å². The van der Waals surface area contributed by atoms with Crippen LogP contribution in [0.1, 0.15) is 65.2 Å². The van der Waals surface area contributed by atoms with E-state index in [2.05, 4.69) is 10.4 Å². The largest absolute Gasteiger partial charge is 0.462 e. The number of amides is 1. The predicted molar refractivity (Wildman–Crippen MR) is 113 cm³/mol. The van der Waals surface area contributed by atoms with Crippen molar-refractivity contribution in [2.24, 2.45) is 5.41 Å². The van der Waals surface area contributed by atoms with Crippen LogP contribution >= 0.6 is 0 Å². The Labute approximate surface area is 182 Å². The molecule has 31 heavy (non-hydrogen) atoms. The van der Waals surface area contributed by atoms with E-state index in [9.17, 15) is 9.59 Å². The third-order valence-corrected chi connectivity index (χ3v) is 6.36. The third kappa shape index (κ3) is 4.51. The summed E-state index contributed by atoms with van der Waals surface area (Å²) in [7, 11) is 0. The average molecular weight is 430 g/mol. The SMILES string of the molecule is CCn1cc(C(=O)OCCCc2nn(CC)c3c2CC2(CCOCC2)CNC3=O)cn1. The minimum absolute atomic E-state index is 0.0292. The molecule has 1 N–H and O–H groups in total. The summed E-state index contributed by atoms with van der Waals surface area (Å²) >= 11 is 0. The van der Waals surface area contributed by atoms with Gasteiger partial charge in [0.1, 0.15) is 5.69 Å². The lowest BCUT2D eigenvalue weighted by Crippen LogP contribution is -2.40. The molecule has 0 unspecified atom stereocenters. The van der Waals surface area contributed by atoms with E-state index in [0.717, 1.165) is 43.7 Å². The number of ether oxygens (including phenoxy) is 2. The van der Waals surface area contributed by atoms with Crippen LogP contribution in [-0.4, -0.2) is 57.8 Å². The molecule has 2 aromatic rings. The number of carbonyl (C=O) groups is 2. The van der Waals surface area contributed by atoms with E-state index in [1.54, 1.807) is 10.9 Å². The zero-order valence-electron chi connectivity index (χ0n) is 18.4. The molecule has 0 bridgehead atoms. The van der Waals surface area contributed by atoms with Gasteiger partial charge in [0.25, 0.3) is 5.91 Å². The van der Waals surface area contributed by atoms with Crippen LogP contribution in [0.3, 0.4) is 0 Å². The van der Waals surface area contributed by atoms with Gasteiger partial charge in [-0.3, -0.25) is 14.2 Å². The summed E-state index contributed by atoms with van der Waals surface area (Å²) in [6.45, 7) is 7.75. The number of hydrogen-bond acceptors (Lipinski definition) is 6. The summed E-state index contributed by atoms with van der Waals surface area (Å²) in [6.07, 6.45) is 7.24. The van der Waals surface area contributed by atoms with Crippen molar-refractivity contribution >= 4 is 11.9 Å². The fraction of sp³-hybridized carbons (Fsp3) is 0.636. The monoisotopic (exact) mass is 429 g/mol. The van der Waals surface area contributed by atoms with Crippen molar-refractivity contribution in [3.8, 4) is 0 Å². The molecule has 4 rings (SSSR count). The molecule has 1 spiro atoms. The molecule has 0 aliphatic carbocycles. The van der Waals surface area contributed by atoms with Crippen LogP contribution in [0.15, 0.2) is 12.4 Å². The zero-order valence-corrected chi connectivity index (χ0v) is 18.4. The third-order valence-electron chi connectivity index (χ3n) is 6.36. The van der Waals surface area contributed by atoms with Gasteiger partial charge in [-0.1, -0.05) is 0 Å². The highest BCUT2D eigenvalue weighted by molar-refractivity contribution is 5.94. The lowest BCUT2D eigenvalue weighted by atomic mass is 9.75. The van der Waals surface area contributed by atoms with Crippen LogP contribution in [0.2, 0.25) is 0 Å². The predicted octanol–water partition coefficient (Wildman–Crippen LogP) is 1.99. The first-order valence-electron chi connectivity index (χ1n) is 11.2. The van der Waals surface area contributed by atoms with E-state index < -0.39 is 0 Å². The number of nitrogens with one attached hydrogen (secondary N) is 1. The molecular weight excluding hydrogens is 398 g/mol. The van der Waals surface area contributed by atoms with Crippen LogP contribution in [0.25, 0.3) is 0 Å². The van der Waals surface area contributed by atoms with E-state index in [0.29, 0.717) is 50.3 Å². The second-order valence-corrected chi connectivity index (χ2v) is 8.39. The number of aromatic nitrogens is 4. The summed E-state index contributed by atoms with van der Waals surface area (Å²) in [5.74, 6) is -0.406. The first kappa shape index (κ1) is 21.5. The number of aryl methyl sites for hydroxylation is 3. The Morgan fingerprint density at radius 2 is 2.10 bits per heavy atom. The Kier molecular flexibility index (Phi) is 6.41. The normalized spacial score (nSPS) is 17.8. The lowest BCUT2D eigenvalue weighted by molar-refractivity contribution is 0.0160. The van der Waals surface area contributed by atoms with Crippen LogP contribution in [0.5, 0.6) is 0 Å². The molecule has 168 valence electrons. The van der Waals surface area contributed by atoms with Crippen molar-refractivity contribution in [1.82, 2.24) is 24.9 Å². The Bertz CT molecular complexity index is 942. The van der Waals surface area contributed by atoms with E-state index in [-0.39, 0.29) is 17.3 Å². The first-order chi connectivity index (χ1) is 15.0. The molecule has 1 fully saturated rings. The summed E-state index contributed by atoms with van der Waals surface area (Å²) in [6, 6.07) is 0. The summed E-state index contributed by atoms with van der Waals surface area (Å²) < 4.78 is 14.5. The van der Waals surface area contributed by atoms with Crippen LogP contribution in [0, 0.1) is 5.41 Å². The highest BCUT2D eigenvalue weighted by atomic mass is 16.5. The fourth-order valence-electron chi connectivity index (χ4n) is 4.49. The van der Waals surface area contributed by atoms with Gasteiger partial charge in [0.2, 0.25) is 0 Å². The Morgan fingerprint density at radius 1 is 1.29 bits per heavy atom. The van der Waals surface area contributed by atoms with E-state index >= 15 is 0 Å². The summed E-state index contributed by atoms with van der Waals surface area (Å²) in [5.41, 5.74) is 3.17. The number of nitrogens with zero attached hydrogens (tertiary/aromatic N) is 4. The number of rotatable bonds is 7. The van der Waals surface area contributed by atoms with Crippen LogP contribution < -0.4 is 5.32 Å². The van der Waals surface area contributed by atoms with Crippen molar-refractivity contribution < 1.29 is 19.1 Å². The van der Waals surface area contributed by atoms with Crippen molar-refractivity contribution in [1.29, 1.82) is 0 Å². The van der Waals surface area contributed by atoms with E-state index in [1.165, 1.54) is 6.20 Å². The molecule has 9 nitrogen and oxygen atoms in total. The number of esters is 1. The molecule has 2 aromatic heterocycles. The summed E-state index contributed by atoms with van der Waals surface area (Å²) in [5, 5.41) is 12.0. The highest BCUT2D eigenvalue weighted by Crippen LogP contribution is 2.37. The average Bonchev–Trinajstić information content (AvgIpc) is 3.37. The molecule has 9 heteroatoms. The molecular formula is C22H31N5O4. The Morgan fingerprint density at radius 3 is 2.81 bits per heavy atom. The van der Waals surface area contributed by atoms with Gasteiger partial charge in [0, 0.05) is 44.6 Å². The van der Waals surface area contributed by atoms with Crippen molar-refractivity contribution in [2.45, 2.75) is 59.0 Å². The fourth-order valence-corrected chi connectivity index (χ4v) is 4.49. The Hall–Kier alpha value is -2.68. The molecule has 1 amide bonds. The van der Waals surface area contributed by atoms with Gasteiger partial charge in [-0.15, -0.1) is 0 Å². The van der Waals surface area contributed by atoms with Gasteiger partial charge >= 0.3 is 5.97 Å². The molecule has 0 saturated carbocycles. The quantitative estimate of drug-likeness (QED) is 0.534. The zero-order chi connectivity index (χ0) is 21.8. The van der Waals surface area contributed by atoms with Crippen LogP contribution in [-0.2, 0) is 35.4 Å². The first-order valence-corrected chi connectivity index (χ1v) is 11.2. The second kappa shape index (κ2) is 9.21. The molecule has 0 aromatic carbocycles. The number of fused-ring (bicyclic) bond motifs is 1. The molecule has 0 radical (unpaired) electrons. The standard InChI is InChI=1S/C22H31N5O4/c1-3-26-14-16(13-24-26)21(29)31-9-5-6-18-17-12-22(7-10-30-11-8-22)15-23-20(28)19(17)27(4-2)25-18/h13-14H,3-12,15H2,1-2H3,(H,23,28). The smallest absolute Gasteiger partial charge is 0.341 e. The van der Waals surface area contributed by atoms with Gasteiger partial charge in [-0.2, -0.15) is 10.2 Å². The minimum Gasteiger partial charge on any atom is -0.462 e. The summed E-state index contributed by atoms with van der Waals surface area (Å²) in [4.78, 5) is 25.0. The van der Waals surface area contributed by atoms with Crippen molar-refractivity contribution in [2.75, 3.05) is 26.4 Å².